The number of nitrogens with one attached hydrogen (secondary N) is 1. The van der Waals surface area contributed by atoms with Crippen LogP contribution >= 0.6 is 15.9 Å². The number of sulfone groups is 1. The van der Waals surface area contributed by atoms with Crippen molar-refractivity contribution in [3.8, 4) is 0 Å². The third-order valence-corrected chi connectivity index (χ3v) is 6.61. The largest absolute Gasteiger partial charge is 0.349 e. The quantitative estimate of drug-likeness (QED) is 0.736. The van der Waals surface area contributed by atoms with Crippen LogP contribution in [0.15, 0.2) is 57.9 Å². The van der Waals surface area contributed by atoms with Crippen molar-refractivity contribution in [3.63, 3.8) is 0 Å². The molecule has 0 saturated carbocycles. The molecule has 1 heterocycles. The predicted molar refractivity (Wildman–Crippen MR) is 111 cm³/mol. The number of para-hydroxylation sites is 1. The number of carbonyl (C=O) groups is 2. The summed E-state index contributed by atoms with van der Waals surface area (Å²) in [5.74, 6) is -0.711. The van der Waals surface area contributed by atoms with Gasteiger partial charge < -0.3 is 10.2 Å². The monoisotopic (exact) mass is 464 g/mol. The van der Waals surface area contributed by atoms with E-state index in [9.17, 15) is 18.0 Å². The van der Waals surface area contributed by atoms with Crippen molar-refractivity contribution in [3.05, 3.63) is 58.6 Å². The molecule has 8 heteroatoms. The molecular formula is C20H21BrN2O4S. The zero-order valence-corrected chi connectivity index (χ0v) is 18.0. The van der Waals surface area contributed by atoms with Crippen molar-refractivity contribution in [2.45, 2.75) is 24.3 Å². The van der Waals surface area contributed by atoms with Gasteiger partial charge in [0, 0.05) is 23.7 Å². The van der Waals surface area contributed by atoms with Gasteiger partial charge in [0.05, 0.1) is 22.5 Å². The Hall–Kier alpha value is -2.19. The maximum atomic E-state index is 12.7. The fourth-order valence-corrected chi connectivity index (χ4v) is 4.33. The summed E-state index contributed by atoms with van der Waals surface area (Å²) in [6.45, 7) is 2.16. The highest BCUT2D eigenvalue weighted by Crippen LogP contribution is 2.31. The first-order valence-electron chi connectivity index (χ1n) is 8.82. The Morgan fingerprint density at radius 1 is 1.18 bits per heavy atom. The summed E-state index contributed by atoms with van der Waals surface area (Å²) >= 11 is 3.44. The van der Waals surface area contributed by atoms with Crippen molar-refractivity contribution >= 4 is 43.3 Å². The van der Waals surface area contributed by atoms with Crippen LogP contribution in [0.3, 0.4) is 0 Å². The molecule has 2 aromatic carbocycles. The highest BCUT2D eigenvalue weighted by Gasteiger charge is 2.36. The highest BCUT2D eigenvalue weighted by molar-refractivity contribution is 9.10. The predicted octanol–water partition coefficient (Wildman–Crippen LogP) is 3.08. The van der Waals surface area contributed by atoms with E-state index < -0.39 is 15.8 Å². The normalized spacial score (nSPS) is 18.2. The molecule has 1 aliphatic rings. The van der Waals surface area contributed by atoms with Gasteiger partial charge >= 0.3 is 0 Å². The van der Waals surface area contributed by atoms with E-state index in [-0.39, 0.29) is 29.2 Å². The van der Waals surface area contributed by atoms with Gasteiger partial charge in [0.1, 0.15) is 0 Å². The van der Waals surface area contributed by atoms with Crippen LogP contribution in [-0.4, -0.2) is 33.0 Å². The van der Waals surface area contributed by atoms with Gasteiger partial charge in [0.15, 0.2) is 9.84 Å². The van der Waals surface area contributed by atoms with Crippen LogP contribution in [-0.2, 0) is 19.4 Å². The molecule has 0 radical (unpaired) electrons. The van der Waals surface area contributed by atoms with Gasteiger partial charge in [-0.05, 0) is 52.7 Å². The molecule has 1 aliphatic heterocycles. The van der Waals surface area contributed by atoms with Gasteiger partial charge in [-0.2, -0.15) is 0 Å². The van der Waals surface area contributed by atoms with Gasteiger partial charge in [-0.3, -0.25) is 9.59 Å². The number of rotatable bonds is 5. The molecule has 0 aliphatic carbocycles. The number of halogens is 1. The molecule has 0 bridgehead atoms. The third-order valence-electron chi connectivity index (χ3n) is 4.81. The van der Waals surface area contributed by atoms with Crippen LogP contribution in [0.1, 0.15) is 24.9 Å². The Balaban J connectivity index is 1.66. The van der Waals surface area contributed by atoms with Gasteiger partial charge in [-0.15, -0.1) is 0 Å². The van der Waals surface area contributed by atoms with Crippen LogP contribution in [0.5, 0.6) is 0 Å². The van der Waals surface area contributed by atoms with E-state index in [0.717, 1.165) is 22.0 Å². The number of amides is 2. The van der Waals surface area contributed by atoms with Crippen molar-refractivity contribution in [2.24, 2.45) is 5.92 Å². The molecule has 1 fully saturated rings. The molecule has 1 N–H and O–H groups in total. The lowest BCUT2D eigenvalue weighted by atomic mass is 10.1. The van der Waals surface area contributed by atoms with Crippen molar-refractivity contribution in [2.75, 3.05) is 17.7 Å². The summed E-state index contributed by atoms with van der Waals surface area (Å²) in [5.41, 5.74) is 1.56. The number of nitrogens with zero attached hydrogens (tertiary/aromatic N) is 1. The first kappa shape index (κ1) is 20.5. The summed E-state index contributed by atoms with van der Waals surface area (Å²) in [6.07, 6.45) is 1.31. The van der Waals surface area contributed by atoms with Crippen LogP contribution < -0.4 is 10.2 Å². The van der Waals surface area contributed by atoms with Crippen molar-refractivity contribution in [1.82, 2.24) is 5.32 Å². The molecule has 28 heavy (non-hydrogen) atoms. The SMILES string of the molecule is CC(NC(=O)C1CC(=O)N(c2ccccc2Br)C1)c1ccc(S(C)(=O)=O)cc1. The van der Waals surface area contributed by atoms with E-state index in [0.29, 0.717) is 6.54 Å². The zero-order valence-electron chi connectivity index (χ0n) is 15.6. The Morgan fingerprint density at radius 3 is 2.43 bits per heavy atom. The molecule has 2 aromatic rings. The molecule has 1 saturated heterocycles. The summed E-state index contributed by atoms with van der Waals surface area (Å²) in [5, 5.41) is 2.92. The van der Waals surface area contributed by atoms with E-state index in [1.165, 1.54) is 12.1 Å². The maximum absolute atomic E-state index is 12.7. The number of hydrogen-bond donors (Lipinski definition) is 1. The summed E-state index contributed by atoms with van der Waals surface area (Å²) < 4.78 is 23.9. The number of anilines is 1. The fourth-order valence-electron chi connectivity index (χ4n) is 3.20. The summed E-state index contributed by atoms with van der Waals surface area (Å²) in [4.78, 5) is 26.9. The average molecular weight is 465 g/mol. The zero-order chi connectivity index (χ0) is 20.5. The fraction of sp³-hybridized carbons (Fsp3) is 0.300. The number of carbonyl (C=O) groups excluding carboxylic acids is 2. The van der Waals surface area contributed by atoms with Crippen LogP contribution in [0.4, 0.5) is 5.69 Å². The van der Waals surface area contributed by atoms with Crippen molar-refractivity contribution < 1.29 is 18.0 Å². The smallest absolute Gasteiger partial charge is 0.227 e. The first-order chi connectivity index (χ1) is 13.2. The highest BCUT2D eigenvalue weighted by atomic mass is 79.9. The standard InChI is InChI=1S/C20H21BrN2O4S/c1-13(14-7-9-16(10-8-14)28(2,26)27)22-20(25)15-11-19(24)23(12-15)18-6-4-3-5-17(18)21/h3-10,13,15H,11-12H2,1-2H3,(H,22,25). The Morgan fingerprint density at radius 2 is 1.82 bits per heavy atom. The van der Waals surface area contributed by atoms with Crippen LogP contribution in [0, 0.1) is 5.92 Å². The average Bonchev–Trinajstić information content (AvgIpc) is 3.03. The lowest BCUT2D eigenvalue weighted by Crippen LogP contribution is -2.34. The van der Waals surface area contributed by atoms with Gasteiger partial charge in [0.25, 0.3) is 0 Å². The van der Waals surface area contributed by atoms with E-state index in [2.05, 4.69) is 21.2 Å². The third kappa shape index (κ3) is 4.44. The molecule has 0 spiro atoms. The molecule has 2 amide bonds. The first-order valence-corrected chi connectivity index (χ1v) is 11.5. The Labute approximate surface area is 173 Å². The molecule has 0 aromatic heterocycles. The number of benzene rings is 2. The Kier molecular flexibility index (Phi) is 5.90. The second-order valence-electron chi connectivity index (χ2n) is 6.93. The second kappa shape index (κ2) is 8.05. The molecular weight excluding hydrogens is 444 g/mol. The van der Waals surface area contributed by atoms with E-state index in [1.54, 1.807) is 17.0 Å². The molecule has 6 nitrogen and oxygen atoms in total. The lowest BCUT2D eigenvalue weighted by Gasteiger charge is -2.19. The maximum Gasteiger partial charge on any atom is 0.227 e. The Bertz CT molecular complexity index is 1010. The van der Waals surface area contributed by atoms with Crippen LogP contribution in [0.2, 0.25) is 0 Å². The molecule has 2 atom stereocenters. The van der Waals surface area contributed by atoms with Gasteiger partial charge in [-0.1, -0.05) is 24.3 Å². The van der Waals surface area contributed by atoms with Crippen LogP contribution in [0.25, 0.3) is 0 Å². The number of hydrogen-bond acceptors (Lipinski definition) is 4. The summed E-state index contributed by atoms with van der Waals surface area (Å²) in [6, 6.07) is 13.6. The van der Waals surface area contributed by atoms with Gasteiger partial charge in [-0.25, -0.2) is 8.42 Å². The summed E-state index contributed by atoms with van der Waals surface area (Å²) in [7, 11) is -3.26. The minimum atomic E-state index is -3.26. The van der Waals surface area contributed by atoms with E-state index in [1.807, 2.05) is 31.2 Å². The molecule has 2 unspecified atom stereocenters. The molecule has 3 rings (SSSR count). The van der Waals surface area contributed by atoms with Gasteiger partial charge in [0.2, 0.25) is 11.8 Å². The minimum absolute atomic E-state index is 0.0859. The van der Waals surface area contributed by atoms with E-state index in [4.69, 9.17) is 0 Å². The van der Waals surface area contributed by atoms with Crippen molar-refractivity contribution in [1.29, 1.82) is 0 Å². The minimum Gasteiger partial charge on any atom is -0.349 e. The topological polar surface area (TPSA) is 83.6 Å². The lowest BCUT2D eigenvalue weighted by molar-refractivity contribution is -0.126. The van der Waals surface area contributed by atoms with E-state index >= 15 is 0 Å². The molecule has 148 valence electrons. The second-order valence-corrected chi connectivity index (χ2v) is 9.80.